The summed E-state index contributed by atoms with van der Waals surface area (Å²) >= 11 is 0. The van der Waals surface area contributed by atoms with Gasteiger partial charge in [0.2, 0.25) is 0 Å². The zero-order valence-electron chi connectivity index (χ0n) is 12.2. The Balaban J connectivity index is 2.38. The molecular formula is C16H19FN2O. The third-order valence-electron chi connectivity index (χ3n) is 3.30. The van der Waals surface area contributed by atoms with Crippen LogP contribution in [0.1, 0.15) is 29.8 Å². The van der Waals surface area contributed by atoms with Crippen LogP contribution in [0.15, 0.2) is 30.5 Å². The average Bonchev–Trinajstić information content (AvgIpc) is 2.44. The molecule has 0 radical (unpaired) electrons. The van der Waals surface area contributed by atoms with Crippen molar-refractivity contribution < 1.29 is 9.13 Å². The van der Waals surface area contributed by atoms with Crippen molar-refractivity contribution >= 4 is 0 Å². The van der Waals surface area contributed by atoms with Crippen LogP contribution in [-0.2, 0) is 0 Å². The lowest BCUT2D eigenvalue weighted by Crippen LogP contribution is -2.13. The highest BCUT2D eigenvalue weighted by molar-refractivity contribution is 5.42. The molecule has 20 heavy (non-hydrogen) atoms. The van der Waals surface area contributed by atoms with Gasteiger partial charge < -0.3 is 10.1 Å². The minimum atomic E-state index is -0.225. The van der Waals surface area contributed by atoms with E-state index < -0.39 is 0 Å². The van der Waals surface area contributed by atoms with Crippen LogP contribution >= 0.6 is 0 Å². The number of hydrogen-bond donors (Lipinski definition) is 1. The summed E-state index contributed by atoms with van der Waals surface area (Å²) in [5, 5.41) is 3.10. The van der Waals surface area contributed by atoms with Crippen LogP contribution in [0.5, 0.6) is 11.5 Å². The first-order valence-electron chi connectivity index (χ1n) is 6.59. The average molecular weight is 274 g/mol. The van der Waals surface area contributed by atoms with E-state index in [1.165, 1.54) is 6.07 Å². The Morgan fingerprint density at radius 1 is 1.25 bits per heavy atom. The van der Waals surface area contributed by atoms with E-state index in [0.29, 0.717) is 17.1 Å². The Morgan fingerprint density at radius 2 is 2.00 bits per heavy atom. The first-order valence-corrected chi connectivity index (χ1v) is 6.59. The molecule has 0 aliphatic rings. The van der Waals surface area contributed by atoms with Crippen molar-refractivity contribution in [1.29, 1.82) is 0 Å². The number of rotatable bonds is 4. The molecule has 0 fully saturated rings. The summed E-state index contributed by atoms with van der Waals surface area (Å²) in [5.41, 5.74) is 2.28. The fourth-order valence-electron chi connectivity index (χ4n) is 1.89. The predicted octanol–water partition coefficient (Wildman–Crippen LogP) is 3.91. The second-order valence-corrected chi connectivity index (χ2v) is 4.89. The van der Waals surface area contributed by atoms with Gasteiger partial charge in [0.15, 0.2) is 0 Å². The van der Waals surface area contributed by atoms with Gasteiger partial charge in [-0.3, -0.25) is 4.98 Å². The third-order valence-corrected chi connectivity index (χ3v) is 3.30. The Labute approximate surface area is 118 Å². The summed E-state index contributed by atoms with van der Waals surface area (Å²) in [5.74, 6) is 1.07. The summed E-state index contributed by atoms with van der Waals surface area (Å²) in [7, 11) is 1.83. The molecule has 2 aromatic rings. The minimum Gasteiger partial charge on any atom is -0.455 e. The third kappa shape index (κ3) is 3.14. The Kier molecular flexibility index (Phi) is 4.35. The van der Waals surface area contributed by atoms with Gasteiger partial charge in [-0.05, 0) is 57.6 Å². The Morgan fingerprint density at radius 3 is 2.60 bits per heavy atom. The lowest BCUT2D eigenvalue weighted by atomic mass is 10.0. The van der Waals surface area contributed by atoms with Crippen molar-refractivity contribution in [3.8, 4) is 11.5 Å². The van der Waals surface area contributed by atoms with Gasteiger partial charge >= 0.3 is 0 Å². The standard InChI is InChI=1S/C16H19FN2O/c1-10-7-16(14(8-15(10)17)12(3)18-4)20-13-6-5-11(2)19-9-13/h5-9,12,18H,1-4H3. The molecule has 0 saturated carbocycles. The molecule has 0 aliphatic carbocycles. The largest absolute Gasteiger partial charge is 0.455 e. The van der Waals surface area contributed by atoms with Gasteiger partial charge in [-0.2, -0.15) is 0 Å². The molecule has 0 aliphatic heterocycles. The quantitative estimate of drug-likeness (QED) is 0.917. The molecule has 4 heteroatoms. The van der Waals surface area contributed by atoms with Crippen molar-refractivity contribution in [2.75, 3.05) is 7.05 Å². The van der Waals surface area contributed by atoms with E-state index in [2.05, 4.69) is 10.3 Å². The monoisotopic (exact) mass is 274 g/mol. The first kappa shape index (κ1) is 14.5. The van der Waals surface area contributed by atoms with Gasteiger partial charge in [0.1, 0.15) is 17.3 Å². The smallest absolute Gasteiger partial charge is 0.145 e. The lowest BCUT2D eigenvalue weighted by molar-refractivity contribution is 0.460. The van der Waals surface area contributed by atoms with E-state index in [0.717, 1.165) is 11.3 Å². The second-order valence-electron chi connectivity index (χ2n) is 4.89. The molecule has 106 valence electrons. The maximum absolute atomic E-state index is 13.8. The van der Waals surface area contributed by atoms with Crippen molar-refractivity contribution in [1.82, 2.24) is 10.3 Å². The second kappa shape index (κ2) is 6.01. The zero-order chi connectivity index (χ0) is 14.7. The summed E-state index contributed by atoms with van der Waals surface area (Å²) in [4.78, 5) is 4.20. The molecular weight excluding hydrogens is 255 g/mol. The number of aromatic nitrogens is 1. The van der Waals surface area contributed by atoms with Crippen molar-refractivity contribution in [2.45, 2.75) is 26.8 Å². The molecule has 1 heterocycles. The highest BCUT2D eigenvalue weighted by atomic mass is 19.1. The van der Waals surface area contributed by atoms with Gasteiger partial charge in [-0.1, -0.05) is 0 Å². The maximum Gasteiger partial charge on any atom is 0.145 e. The van der Waals surface area contributed by atoms with Crippen LogP contribution < -0.4 is 10.1 Å². The maximum atomic E-state index is 13.8. The Bertz CT molecular complexity index is 596. The van der Waals surface area contributed by atoms with E-state index in [1.807, 2.05) is 33.0 Å². The topological polar surface area (TPSA) is 34.1 Å². The summed E-state index contributed by atoms with van der Waals surface area (Å²) in [6.07, 6.45) is 1.67. The summed E-state index contributed by atoms with van der Waals surface area (Å²) in [6, 6.07) is 6.98. The number of benzene rings is 1. The van der Waals surface area contributed by atoms with Crippen LogP contribution in [0.25, 0.3) is 0 Å². The molecule has 2 rings (SSSR count). The molecule has 0 bridgehead atoms. The summed E-state index contributed by atoms with van der Waals surface area (Å²) < 4.78 is 19.6. The van der Waals surface area contributed by atoms with E-state index in [1.54, 1.807) is 19.2 Å². The number of ether oxygens (including phenoxy) is 1. The van der Waals surface area contributed by atoms with Gasteiger partial charge in [-0.25, -0.2) is 4.39 Å². The molecule has 0 amide bonds. The molecule has 1 aromatic heterocycles. The van der Waals surface area contributed by atoms with Gasteiger partial charge in [-0.15, -0.1) is 0 Å². The molecule has 3 nitrogen and oxygen atoms in total. The van der Waals surface area contributed by atoms with Crippen LogP contribution in [0.2, 0.25) is 0 Å². The molecule has 1 atom stereocenters. The van der Waals surface area contributed by atoms with Gasteiger partial charge in [0.05, 0.1) is 6.20 Å². The van der Waals surface area contributed by atoms with E-state index >= 15 is 0 Å². The Hall–Kier alpha value is -1.94. The van der Waals surface area contributed by atoms with Crippen molar-refractivity contribution in [3.63, 3.8) is 0 Å². The molecule has 1 aromatic carbocycles. The van der Waals surface area contributed by atoms with Gasteiger partial charge in [0.25, 0.3) is 0 Å². The highest BCUT2D eigenvalue weighted by Gasteiger charge is 2.14. The number of halogens is 1. The van der Waals surface area contributed by atoms with Crippen molar-refractivity contribution in [2.24, 2.45) is 0 Å². The predicted molar refractivity (Wildman–Crippen MR) is 77.7 cm³/mol. The van der Waals surface area contributed by atoms with E-state index in [-0.39, 0.29) is 11.9 Å². The SMILES string of the molecule is CNC(C)c1cc(F)c(C)cc1Oc1ccc(C)nc1. The zero-order valence-corrected chi connectivity index (χ0v) is 12.2. The number of nitrogens with one attached hydrogen (secondary N) is 1. The molecule has 1 N–H and O–H groups in total. The van der Waals surface area contributed by atoms with Crippen molar-refractivity contribution in [3.05, 3.63) is 53.1 Å². The number of aryl methyl sites for hydroxylation is 2. The number of nitrogens with zero attached hydrogens (tertiary/aromatic N) is 1. The van der Waals surface area contributed by atoms with E-state index in [9.17, 15) is 4.39 Å². The molecule has 0 spiro atoms. The van der Waals surface area contributed by atoms with Crippen LogP contribution in [0, 0.1) is 19.7 Å². The van der Waals surface area contributed by atoms with Crippen LogP contribution in [0.3, 0.4) is 0 Å². The molecule has 0 saturated heterocycles. The lowest BCUT2D eigenvalue weighted by Gasteiger charge is -2.17. The van der Waals surface area contributed by atoms with Crippen LogP contribution in [-0.4, -0.2) is 12.0 Å². The van der Waals surface area contributed by atoms with Crippen LogP contribution in [0.4, 0.5) is 4.39 Å². The van der Waals surface area contributed by atoms with E-state index in [4.69, 9.17) is 4.74 Å². The normalized spacial score (nSPS) is 12.2. The fourth-order valence-corrected chi connectivity index (χ4v) is 1.89. The summed E-state index contributed by atoms with van der Waals surface area (Å²) in [6.45, 7) is 5.61. The van der Waals surface area contributed by atoms with Gasteiger partial charge in [0, 0.05) is 17.3 Å². The fraction of sp³-hybridized carbons (Fsp3) is 0.312. The first-order chi connectivity index (χ1) is 9.51. The minimum absolute atomic E-state index is 0.00138. The molecule has 1 unspecified atom stereocenters. The highest BCUT2D eigenvalue weighted by Crippen LogP contribution is 2.31. The number of pyridine rings is 1. The number of hydrogen-bond acceptors (Lipinski definition) is 3.